The third-order valence-electron chi connectivity index (χ3n) is 4.01. The van der Waals surface area contributed by atoms with Crippen LogP contribution in [0.15, 0.2) is 40.6 Å². The largest absolute Gasteiger partial charge is 0.493 e. The van der Waals surface area contributed by atoms with Crippen molar-refractivity contribution < 1.29 is 27.8 Å². The number of rotatable bonds is 5. The molecule has 1 aliphatic heterocycles. The number of benzene rings is 1. The summed E-state index contributed by atoms with van der Waals surface area (Å²) < 4.78 is 37.6. The van der Waals surface area contributed by atoms with Gasteiger partial charge in [0.1, 0.15) is 21.1 Å². The third kappa shape index (κ3) is 3.40. The summed E-state index contributed by atoms with van der Waals surface area (Å²) in [5, 5.41) is 12.4. The summed E-state index contributed by atoms with van der Waals surface area (Å²) in [7, 11) is -2.80. The highest BCUT2D eigenvalue weighted by Gasteiger charge is 2.37. The molecule has 9 heteroatoms. The number of hydrogen-bond donors (Lipinski definition) is 2. The molecule has 0 saturated carbocycles. The van der Waals surface area contributed by atoms with Crippen molar-refractivity contribution in [2.24, 2.45) is 0 Å². The van der Waals surface area contributed by atoms with Crippen LogP contribution in [-0.4, -0.2) is 39.8 Å². The Kier molecular flexibility index (Phi) is 4.83. The number of fused-ring (bicyclic) bond motifs is 1. The Morgan fingerprint density at radius 1 is 1.40 bits per heavy atom. The van der Waals surface area contributed by atoms with E-state index in [0.717, 1.165) is 11.3 Å². The van der Waals surface area contributed by atoms with Crippen molar-refractivity contribution in [1.82, 2.24) is 4.72 Å². The summed E-state index contributed by atoms with van der Waals surface area (Å²) in [4.78, 5) is 11.5. The van der Waals surface area contributed by atoms with Crippen molar-refractivity contribution in [1.29, 1.82) is 0 Å². The van der Waals surface area contributed by atoms with E-state index in [4.69, 9.17) is 4.74 Å². The van der Waals surface area contributed by atoms with E-state index < -0.39 is 21.6 Å². The number of hydrogen-bond acceptors (Lipinski definition) is 7. The van der Waals surface area contributed by atoms with Gasteiger partial charge in [-0.1, -0.05) is 18.2 Å². The first kappa shape index (κ1) is 17.9. The smallest absolute Gasteiger partial charge is 0.349 e. The molecule has 2 N–H and O–H groups in total. The van der Waals surface area contributed by atoms with Gasteiger partial charge in [-0.25, -0.2) is 17.9 Å². The molecule has 0 amide bonds. The molecule has 0 bridgehead atoms. The van der Waals surface area contributed by atoms with Gasteiger partial charge in [0.15, 0.2) is 0 Å². The van der Waals surface area contributed by atoms with E-state index in [9.17, 15) is 18.3 Å². The maximum absolute atomic E-state index is 12.6. The molecule has 0 aliphatic carbocycles. The number of ether oxygens (including phenoxy) is 2. The molecule has 134 valence electrons. The van der Waals surface area contributed by atoms with E-state index >= 15 is 0 Å². The van der Waals surface area contributed by atoms with Gasteiger partial charge in [-0.2, -0.15) is 0 Å². The number of thiophene rings is 1. The van der Waals surface area contributed by atoms with Crippen LogP contribution in [-0.2, 0) is 20.4 Å². The van der Waals surface area contributed by atoms with Gasteiger partial charge in [0, 0.05) is 18.5 Å². The van der Waals surface area contributed by atoms with Crippen molar-refractivity contribution in [2.45, 2.75) is 16.9 Å². The molecule has 2 heterocycles. The van der Waals surface area contributed by atoms with Crippen molar-refractivity contribution in [3.8, 4) is 5.75 Å². The van der Waals surface area contributed by atoms with E-state index in [1.807, 2.05) is 0 Å². The van der Waals surface area contributed by atoms with Gasteiger partial charge in [-0.05, 0) is 17.5 Å². The fourth-order valence-electron chi connectivity index (χ4n) is 2.67. The maximum Gasteiger partial charge on any atom is 0.349 e. The zero-order valence-corrected chi connectivity index (χ0v) is 15.0. The number of sulfonamides is 1. The van der Waals surface area contributed by atoms with Crippen molar-refractivity contribution in [3.05, 3.63) is 46.2 Å². The fraction of sp³-hybridized carbons (Fsp3) is 0.312. The fourth-order valence-corrected chi connectivity index (χ4v) is 5.09. The summed E-state index contributed by atoms with van der Waals surface area (Å²) in [6.45, 7) is 0.0489. The van der Waals surface area contributed by atoms with Crippen LogP contribution in [0.25, 0.3) is 0 Å². The van der Waals surface area contributed by atoms with Gasteiger partial charge in [0.25, 0.3) is 0 Å². The first-order valence-electron chi connectivity index (χ1n) is 7.47. The second kappa shape index (κ2) is 6.75. The van der Waals surface area contributed by atoms with Crippen LogP contribution in [0.1, 0.15) is 21.7 Å². The number of methoxy groups -OCH3 is 1. The molecule has 1 aromatic carbocycles. The minimum atomic E-state index is -3.98. The van der Waals surface area contributed by atoms with Gasteiger partial charge in [-0.3, -0.25) is 0 Å². The molecular formula is C16H17NO6S2. The summed E-state index contributed by atoms with van der Waals surface area (Å²) in [5.41, 5.74) is -0.855. The zero-order chi connectivity index (χ0) is 18.1. The first-order chi connectivity index (χ1) is 11.9. The van der Waals surface area contributed by atoms with Gasteiger partial charge in [0.2, 0.25) is 10.0 Å². The lowest BCUT2D eigenvalue weighted by molar-refractivity contribution is 0.00219. The highest BCUT2D eigenvalue weighted by Crippen LogP contribution is 2.36. The van der Waals surface area contributed by atoms with Crippen molar-refractivity contribution in [3.63, 3.8) is 0 Å². The lowest BCUT2D eigenvalue weighted by Gasteiger charge is -2.34. The number of aliphatic hydroxyl groups is 1. The van der Waals surface area contributed by atoms with Gasteiger partial charge in [0.05, 0.1) is 13.7 Å². The molecule has 1 aromatic heterocycles. The minimum Gasteiger partial charge on any atom is -0.493 e. The van der Waals surface area contributed by atoms with E-state index in [2.05, 4.69) is 9.46 Å². The maximum atomic E-state index is 12.6. The number of nitrogens with one attached hydrogen (secondary N) is 1. The molecule has 0 radical (unpaired) electrons. The van der Waals surface area contributed by atoms with E-state index in [1.165, 1.54) is 18.6 Å². The summed E-state index contributed by atoms with van der Waals surface area (Å²) in [5.74, 6) is -0.188. The van der Waals surface area contributed by atoms with Crippen LogP contribution in [0.4, 0.5) is 0 Å². The molecule has 2 aromatic rings. The SMILES string of the molecule is COC(=O)c1sccc1S(=O)(=O)NC[C@]1(O)CCOc2ccccc21. The number of carbonyl (C=O) groups excluding carboxylic acids is 1. The Morgan fingerprint density at radius 2 is 2.16 bits per heavy atom. The second-order valence-corrected chi connectivity index (χ2v) is 8.21. The minimum absolute atomic E-state index is 0.00522. The molecular weight excluding hydrogens is 366 g/mol. The molecule has 1 aliphatic rings. The zero-order valence-electron chi connectivity index (χ0n) is 13.4. The highest BCUT2D eigenvalue weighted by molar-refractivity contribution is 7.89. The first-order valence-corrected chi connectivity index (χ1v) is 9.84. The van der Waals surface area contributed by atoms with E-state index in [0.29, 0.717) is 11.3 Å². The highest BCUT2D eigenvalue weighted by atomic mass is 32.2. The molecule has 7 nitrogen and oxygen atoms in total. The Balaban J connectivity index is 1.84. The topological polar surface area (TPSA) is 102 Å². The quantitative estimate of drug-likeness (QED) is 0.759. The van der Waals surface area contributed by atoms with Crippen LogP contribution >= 0.6 is 11.3 Å². The predicted octanol–water partition coefficient (Wildman–Crippen LogP) is 1.48. The third-order valence-corrected chi connectivity index (χ3v) is 6.47. The number of para-hydroxylation sites is 1. The normalized spacial score (nSPS) is 19.8. The van der Waals surface area contributed by atoms with Crippen molar-refractivity contribution in [2.75, 3.05) is 20.3 Å². The van der Waals surface area contributed by atoms with Gasteiger partial charge >= 0.3 is 5.97 Å². The Labute approximate surface area is 149 Å². The Morgan fingerprint density at radius 3 is 2.92 bits per heavy atom. The summed E-state index contributed by atoms with van der Waals surface area (Å²) >= 11 is 0.982. The van der Waals surface area contributed by atoms with E-state index in [1.54, 1.807) is 24.3 Å². The molecule has 25 heavy (non-hydrogen) atoms. The Bertz CT molecular complexity index is 892. The average molecular weight is 383 g/mol. The van der Waals surface area contributed by atoms with Crippen LogP contribution in [0.5, 0.6) is 5.75 Å². The van der Waals surface area contributed by atoms with Crippen molar-refractivity contribution >= 4 is 27.3 Å². The van der Waals surface area contributed by atoms with Crippen LogP contribution in [0, 0.1) is 0 Å². The lowest BCUT2D eigenvalue weighted by Crippen LogP contribution is -2.44. The molecule has 0 unspecified atom stereocenters. The standard InChI is InChI=1S/C16H17NO6S2/c1-22-15(18)14-13(6-9-24-14)25(20,21)17-10-16(19)7-8-23-12-5-3-2-4-11(12)16/h2-6,9,17,19H,7-8,10H2,1H3/t16-/m1/s1. The Hall–Kier alpha value is -1.94. The van der Waals surface area contributed by atoms with Crippen LogP contribution < -0.4 is 9.46 Å². The molecule has 0 fully saturated rings. The average Bonchev–Trinajstić information content (AvgIpc) is 3.11. The number of esters is 1. The van der Waals surface area contributed by atoms with Gasteiger partial charge < -0.3 is 14.6 Å². The van der Waals surface area contributed by atoms with E-state index in [-0.39, 0.29) is 29.3 Å². The molecule has 0 saturated heterocycles. The second-order valence-electron chi connectivity index (χ2n) is 5.56. The van der Waals surface area contributed by atoms with Gasteiger partial charge in [-0.15, -0.1) is 11.3 Å². The molecule has 3 rings (SSSR count). The predicted molar refractivity (Wildman–Crippen MR) is 91.3 cm³/mol. The monoisotopic (exact) mass is 383 g/mol. The molecule has 1 atom stereocenters. The number of carbonyl (C=O) groups is 1. The summed E-state index contributed by atoms with van der Waals surface area (Å²) in [6.07, 6.45) is 0.250. The van der Waals surface area contributed by atoms with Crippen LogP contribution in [0.2, 0.25) is 0 Å². The molecule has 0 spiro atoms. The summed E-state index contributed by atoms with van der Waals surface area (Å²) in [6, 6.07) is 8.29. The lowest BCUT2D eigenvalue weighted by atomic mass is 9.88. The van der Waals surface area contributed by atoms with Crippen LogP contribution in [0.3, 0.4) is 0 Å².